The summed E-state index contributed by atoms with van der Waals surface area (Å²) in [4.78, 5) is 16.5. The summed E-state index contributed by atoms with van der Waals surface area (Å²) in [5.74, 6) is 0.581. The minimum atomic E-state index is -0.235. The Morgan fingerprint density at radius 1 is 1.25 bits per heavy atom. The van der Waals surface area contributed by atoms with Crippen LogP contribution in [0.4, 0.5) is 16.0 Å². The van der Waals surface area contributed by atoms with Gasteiger partial charge in [-0.15, -0.1) is 0 Å². The largest absolute Gasteiger partial charge is 0.372 e. The molecule has 0 radical (unpaired) electrons. The van der Waals surface area contributed by atoms with E-state index in [2.05, 4.69) is 27.0 Å². The number of anilines is 2. The molecule has 2 unspecified atom stereocenters. The maximum Gasteiger partial charge on any atom is 0.274 e. The topological polar surface area (TPSA) is 56.2 Å². The summed E-state index contributed by atoms with van der Waals surface area (Å²) in [6, 6.07) is 6.00. The second kappa shape index (κ2) is 6.71. The van der Waals surface area contributed by atoms with Gasteiger partial charge < -0.3 is 14.6 Å². The molecule has 1 aromatic heterocycles. The molecule has 0 saturated heterocycles. The van der Waals surface area contributed by atoms with Crippen molar-refractivity contribution in [3.8, 4) is 0 Å². The van der Waals surface area contributed by atoms with Crippen molar-refractivity contribution in [3.05, 3.63) is 75.0 Å². The van der Waals surface area contributed by atoms with Crippen molar-refractivity contribution >= 4 is 11.6 Å². The van der Waals surface area contributed by atoms with Crippen LogP contribution >= 0.6 is 0 Å². The van der Waals surface area contributed by atoms with Gasteiger partial charge in [0.2, 0.25) is 5.95 Å². The van der Waals surface area contributed by atoms with E-state index in [9.17, 15) is 9.18 Å². The van der Waals surface area contributed by atoms with Crippen molar-refractivity contribution < 1.29 is 9.13 Å². The van der Waals surface area contributed by atoms with Crippen LogP contribution in [0.5, 0.6) is 0 Å². The minimum Gasteiger partial charge on any atom is -0.372 e. The Balaban J connectivity index is 1.53. The fourth-order valence-corrected chi connectivity index (χ4v) is 4.52. The third kappa shape index (κ3) is 2.98. The lowest BCUT2D eigenvalue weighted by atomic mass is 9.91. The van der Waals surface area contributed by atoms with Gasteiger partial charge in [-0.1, -0.05) is 12.1 Å². The van der Waals surface area contributed by atoms with Gasteiger partial charge in [-0.2, -0.15) is 4.98 Å². The van der Waals surface area contributed by atoms with Crippen LogP contribution in [-0.4, -0.2) is 9.55 Å². The quantitative estimate of drug-likeness (QED) is 0.867. The average Bonchev–Trinajstić information content (AvgIpc) is 3.29. The van der Waals surface area contributed by atoms with Crippen molar-refractivity contribution in [1.82, 2.24) is 9.55 Å². The molecule has 1 N–H and O–H groups in total. The van der Waals surface area contributed by atoms with Crippen molar-refractivity contribution in [2.24, 2.45) is 5.92 Å². The van der Waals surface area contributed by atoms with E-state index >= 15 is 0 Å². The molecule has 2 atom stereocenters. The number of aryl methyl sites for hydroxylation is 2. The summed E-state index contributed by atoms with van der Waals surface area (Å²) >= 11 is 0. The summed E-state index contributed by atoms with van der Waals surface area (Å²) in [5.41, 5.74) is 5.16. The predicted octanol–water partition coefficient (Wildman–Crippen LogP) is 4.24. The molecule has 0 bridgehead atoms. The van der Waals surface area contributed by atoms with Gasteiger partial charge in [0, 0.05) is 29.4 Å². The number of hydrogen-bond acceptors (Lipinski definition) is 4. The van der Waals surface area contributed by atoms with Crippen LogP contribution in [0.25, 0.3) is 0 Å². The fourth-order valence-electron chi connectivity index (χ4n) is 4.52. The summed E-state index contributed by atoms with van der Waals surface area (Å²) in [7, 11) is 0. The molecule has 2 aromatic rings. The van der Waals surface area contributed by atoms with E-state index in [0.29, 0.717) is 25.6 Å². The molecule has 1 aromatic carbocycles. The fraction of sp³-hybridized carbons (Fsp3) is 0.364. The Bertz CT molecular complexity index is 1070. The number of nitrogens with zero attached hydrogens (tertiary/aromatic N) is 2. The molecule has 0 saturated carbocycles. The summed E-state index contributed by atoms with van der Waals surface area (Å²) in [6.45, 7) is 3.30. The monoisotopic (exact) mass is 379 g/mol. The van der Waals surface area contributed by atoms with Crippen molar-refractivity contribution in [2.75, 3.05) is 5.32 Å². The molecule has 3 aliphatic rings. The van der Waals surface area contributed by atoms with Gasteiger partial charge in [-0.3, -0.25) is 4.79 Å². The highest BCUT2D eigenvalue weighted by Crippen LogP contribution is 2.39. The smallest absolute Gasteiger partial charge is 0.274 e. The van der Waals surface area contributed by atoms with E-state index < -0.39 is 0 Å². The Kier molecular flexibility index (Phi) is 4.16. The molecule has 6 heteroatoms. The lowest BCUT2D eigenvalue weighted by molar-refractivity contribution is 0.134. The van der Waals surface area contributed by atoms with Gasteiger partial charge >= 0.3 is 0 Å². The highest BCUT2D eigenvalue weighted by Gasteiger charge is 2.31. The second-order valence-corrected chi connectivity index (χ2v) is 7.79. The number of hydrogen-bond donors (Lipinski definition) is 1. The van der Waals surface area contributed by atoms with Crippen LogP contribution in [0.15, 0.2) is 47.0 Å². The molecule has 28 heavy (non-hydrogen) atoms. The summed E-state index contributed by atoms with van der Waals surface area (Å²) in [5, 5.41) is 3.40. The highest BCUT2D eigenvalue weighted by molar-refractivity contribution is 5.62. The molecule has 144 valence electrons. The van der Waals surface area contributed by atoms with Crippen LogP contribution in [-0.2, 0) is 24.4 Å². The maximum absolute atomic E-state index is 13.4. The molecule has 5 nitrogen and oxygen atoms in total. The SMILES string of the molecule is Cc1cc2c(cc1Nc1nc(=O)cc3n1C(C1C=CC(F)=CC1)CC3)COC2. The first-order valence-corrected chi connectivity index (χ1v) is 9.72. The van der Waals surface area contributed by atoms with Gasteiger partial charge in [0.15, 0.2) is 0 Å². The first kappa shape index (κ1) is 17.4. The van der Waals surface area contributed by atoms with Gasteiger partial charge in [0.05, 0.1) is 13.2 Å². The summed E-state index contributed by atoms with van der Waals surface area (Å²) in [6.07, 6.45) is 7.52. The van der Waals surface area contributed by atoms with Crippen LogP contribution in [0.1, 0.15) is 41.3 Å². The van der Waals surface area contributed by atoms with E-state index in [1.54, 1.807) is 18.2 Å². The zero-order valence-corrected chi connectivity index (χ0v) is 15.7. The molecular weight excluding hydrogens is 357 g/mol. The molecule has 2 aliphatic heterocycles. The van der Waals surface area contributed by atoms with Gasteiger partial charge in [-0.05, 0) is 61.1 Å². The Morgan fingerprint density at radius 3 is 2.86 bits per heavy atom. The summed E-state index contributed by atoms with van der Waals surface area (Å²) < 4.78 is 21.1. The highest BCUT2D eigenvalue weighted by atomic mass is 19.1. The predicted molar refractivity (Wildman–Crippen MR) is 105 cm³/mol. The van der Waals surface area contributed by atoms with E-state index in [0.717, 1.165) is 29.8 Å². The van der Waals surface area contributed by atoms with Gasteiger partial charge in [-0.25, -0.2) is 4.39 Å². The normalized spacial score (nSPS) is 22.7. The zero-order chi connectivity index (χ0) is 19.3. The number of rotatable bonds is 3. The van der Waals surface area contributed by atoms with Crippen LogP contribution in [0, 0.1) is 12.8 Å². The molecule has 0 spiro atoms. The Labute approximate surface area is 162 Å². The van der Waals surface area contributed by atoms with Crippen molar-refractivity contribution in [1.29, 1.82) is 0 Å². The Morgan fingerprint density at radius 2 is 2.07 bits per heavy atom. The van der Waals surface area contributed by atoms with E-state index in [1.807, 2.05) is 13.0 Å². The van der Waals surface area contributed by atoms with Crippen molar-refractivity contribution in [2.45, 2.75) is 45.4 Å². The number of halogens is 1. The van der Waals surface area contributed by atoms with E-state index in [1.165, 1.54) is 11.1 Å². The number of benzene rings is 1. The number of nitrogens with one attached hydrogen (secondary N) is 1. The molecule has 1 aliphatic carbocycles. The van der Waals surface area contributed by atoms with Gasteiger partial charge in [0.1, 0.15) is 5.83 Å². The number of ether oxygens (including phenoxy) is 1. The van der Waals surface area contributed by atoms with Gasteiger partial charge in [0.25, 0.3) is 5.56 Å². The average molecular weight is 379 g/mol. The van der Waals surface area contributed by atoms with Crippen LogP contribution in [0.3, 0.4) is 0 Å². The van der Waals surface area contributed by atoms with Crippen LogP contribution in [0.2, 0.25) is 0 Å². The van der Waals surface area contributed by atoms with E-state index in [4.69, 9.17) is 4.74 Å². The molecule has 5 rings (SSSR count). The first-order valence-electron chi connectivity index (χ1n) is 9.72. The second-order valence-electron chi connectivity index (χ2n) is 7.79. The molecule has 0 amide bonds. The third-order valence-electron chi connectivity index (χ3n) is 5.96. The standard InChI is InChI=1S/C22H22FN3O2/c1-13-8-15-11-28-12-16(15)9-19(13)24-22-25-21(27)10-18-6-7-20(26(18)22)14-2-4-17(23)5-3-14/h2,4-5,8-10,14,20H,3,6-7,11-12H2,1H3,(H,24,25,27). The Hall–Kier alpha value is -2.73. The number of allylic oxidation sites excluding steroid dienone is 4. The van der Waals surface area contributed by atoms with E-state index in [-0.39, 0.29) is 23.3 Å². The molecular formula is C22H22FN3O2. The molecule has 0 fully saturated rings. The lowest BCUT2D eigenvalue weighted by Gasteiger charge is -2.26. The van der Waals surface area contributed by atoms with Crippen molar-refractivity contribution in [3.63, 3.8) is 0 Å². The minimum absolute atomic E-state index is 0.157. The number of aromatic nitrogens is 2. The molecule has 3 heterocycles. The first-order chi connectivity index (χ1) is 13.6. The lowest BCUT2D eigenvalue weighted by Crippen LogP contribution is -2.22. The van der Waals surface area contributed by atoms with Crippen LogP contribution < -0.4 is 10.9 Å². The maximum atomic E-state index is 13.4. The number of fused-ring (bicyclic) bond motifs is 2. The zero-order valence-electron chi connectivity index (χ0n) is 15.7. The third-order valence-corrected chi connectivity index (χ3v) is 5.96.